The first-order valence-electron chi connectivity index (χ1n) is 9.24. The van der Waals surface area contributed by atoms with Gasteiger partial charge in [-0.2, -0.15) is 0 Å². The molecule has 1 N–H and O–H groups in total. The lowest BCUT2D eigenvalue weighted by Gasteiger charge is -2.36. The number of nitrogens with one attached hydrogen (secondary N) is 1. The summed E-state index contributed by atoms with van der Waals surface area (Å²) in [6.07, 6.45) is 0. The Bertz CT molecular complexity index is 976. The average Bonchev–Trinajstić information content (AvgIpc) is 2.73. The van der Waals surface area contributed by atoms with Crippen molar-refractivity contribution in [3.05, 3.63) is 69.9 Å². The minimum Gasteiger partial charge on any atom is -0.493 e. The number of rotatable bonds is 6. The van der Waals surface area contributed by atoms with Crippen LogP contribution in [0.2, 0.25) is 5.02 Å². The second kappa shape index (κ2) is 8.84. The van der Waals surface area contributed by atoms with Crippen LogP contribution in [0.25, 0.3) is 0 Å². The molecule has 0 spiro atoms. The Labute approximate surface area is 181 Å². The molecule has 152 valence electrons. The summed E-state index contributed by atoms with van der Waals surface area (Å²) in [6, 6.07) is 12.3. The van der Waals surface area contributed by atoms with Crippen LogP contribution in [0.15, 0.2) is 53.7 Å². The predicted molar refractivity (Wildman–Crippen MR) is 119 cm³/mol. The lowest BCUT2D eigenvalue weighted by molar-refractivity contribution is 0.102. The first-order valence-corrected chi connectivity index (χ1v) is 10.0. The van der Waals surface area contributed by atoms with Crippen molar-refractivity contribution in [2.45, 2.75) is 19.9 Å². The second-order valence-electron chi connectivity index (χ2n) is 6.60. The first kappa shape index (κ1) is 21.1. The number of benzene rings is 2. The molecule has 0 saturated heterocycles. The van der Waals surface area contributed by atoms with E-state index in [1.54, 1.807) is 30.2 Å². The van der Waals surface area contributed by atoms with Gasteiger partial charge in [0.15, 0.2) is 22.4 Å². The van der Waals surface area contributed by atoms with Crippen molar-refractivity contribution < 1.29 is 14.3 Å². The van der Waals surface area contributed by atoms with Crippen LogP contribution in [0, 0.1) is 0 Å². The third kappa shape index (κ3) is 4.09. The average molecular weight is 431 g/mol. The maximum atomic E-state index is 13.4. The molecule has 3 rings (SSSR count). The summed E-state index contributed by atoms with van der Waals surface area (Å²) in [5.41, 5.74) is 2.77. The molecule has 7 heteroatoms. The van der Waals surface area contributed by atoms with Gasteiger partial charge in [0.1, 0.15) is 0 Å². The minimum absolute atomic E-state index is 0.0704. The van der Waals surface area contributed by atoms with Gasteiger partial charge in [0.05, 0.1) is 24.8 Å². The molecule has 1 aliphatic heterocycles. The molecular weight excluding hydrogens is 408 g/mol. The third-order valence-corrected chi connectivity index (χ3v) is 5.58. The van der Waals surface area contributed by atoms with Crippen molar-refractivity contribution in [2.24, 2.45) is 0 Å². The van der Waals surface area contributed by atoms with Gasteiger partial charge in [0.25, 0.3) is 0 Å². The van der Waals surface area contributed by atoms with E-state index in [4.69, 9.17) is 33.3 Å². The fourth-order valence-electron chi connectivity index (χ4n) is 3.32. The molecule has 0 aromatic heterocycles. The van der Waals surface area contributed by atoms with Crippen molar-refractivity contribution in [3.63, 3.8) is 0 Å². The lowest BCUT2D eigenvalue weighted by atomic mass is 9.89. The molecule has 0 saturated carbocycles. The molecule has 1 atom stereocenters. The summed E-state index contributed by atoms with van der Waals surface area (Å²) in [6.45, 7) is 4.23. The van der Waals surface area contributed by atoms with Crippen LogP contribution in [0.5, 0.6) is 11.5 Å². The highest BCUT2D eigenvalue weighted by molar-refractivity contribution is 7.80. The van der Waals surface area contributed by atoms with Crippen LogP contribution in [0.4, 0.5) is 0 Å². The number of nitrogens with zero attached hydrogens (tertiary/aromatic N) is 1. The van der Waals surface area contributed by atoms with Crippen molar-refractivity contribution in [3.8, 4) is 11.5 Å². The largest absolute Gasteiger partial charge is 0.493 e. The van der Waals surface area contributed by atoms with Crippen molar-refractivity contribution in [1.82, 2.24) is 10.2 Å². The van der Waals surface area contributed by atoms with Gasteiger partial charge in [-0.05, 0) is 43.8 Å². The zero-order valence-corrected chi connectivity index (χ0v) is 18.4. The summed E-state index contributed by atoms with van der Waals surface area (Å²) in [7, 11) is 3.40. The number of Topliss-reactive ketones (excluding diaryl/α,β-unsaturated/α-hetero) is 1. The van der Waals surface area contributed by atoms with Crippen LogP contribution in [-0.2, 0) is 0 Å². The van der Waals surface area contributed by atoms with Gasteiger partial charge in [-0.25, -0.2) is 0 Å². The number of ether oxygens (including phenoxy) is 2. The van der Waals surface area contributed by atoms with E-state index in [2.05, 4.69) is 5.32 Å². The van der Waals surface area contributed by atoms with Crippen LogP contribution < -0.4 is 14.8 Å². The van der Waals surface area contributed by atoms with E-state index < -0.39 is 6.04 Å². The molecule has 0 aliphatic carbocycles. The Morgan fingerprint density at radius 1 is 1.28 bits per heavy atom. The quantitative estimate of drug-likeness (QED) is 0.526. The van der Waals surface area contributed by atoms with Crippen LogP contribution >= 0.6 is 23.8 Å². The van der Waals surface area contributed by atoms with E-state index in [0.29, 0.717) is 39.4 Å². The molecule has 0 amide bonds. The number of methoxy groups -OCH3 is 1. The Morgan fingerprint density at radius 2 is 1.97 bits per heavy atom. The van der Waals surface area contributed by atoms with Gasteiger partial charge in [0.2, 0.25) is 0 Å². The molecule has 29 heavy (non-hydrogen) atoms. The van der Waals surface area contributed by atoms with Crippen molar-refractivity contribution in [2.75, 3.05) is 20.8 Å². The number of carbonyl (C=O) groups is 1. The summed E-state index contributed by atoms with van der Waals surface area (Å²) in [4.78, 5) is 15.2. The van der Waals surface area contributed by atoms with E-state index in [1.807, 2.05) is 45.2 Å². The molecule has 2 aromatic carbocycles. The minimum atomic E-state index is -0.464. The SMILES string of the molecule is CCOc1c(Cl)cc(C2NC(=S)N(C)C(C)=C2C(=O)c2ccccc2)cc1OC. The molecule has 0 fully saturated rings. The summed E-state index contributed by atoms with van der Waals surface area (Å²) in [5.74, 6) is 0.914. The third-order valence-electron chi connectivity index (χ3n) is 4.91. The summed E-state index contributed by atoms with van der Waals surface area (Å²) < 4.78 is 11.1. The van der Waals surface area contributed by atoms with E-state index >= 15 is 0 Å². The van der Waals surface area contributed by atoms with Gasteiger partial charge < -0.3 is 19.7 Å². The Kier molecular flexibility index (Phi) is 6.45. The van der Waals surface area contributed by atoms with Crippen LogP contribution in [-0.4, -0.2) is 36.6 Å². The van der Waals surface area contributed by atoms with Gasteiger partial charge >= 0.3 is 0 Å². The number of allylic oxidation sites excluding steroid dienone is 1. The maximum Gasteiger partial charge on any atom is 0.193 e. The Morgan fingerprint density at radius 3 is 2.59 bits per heavy atom. The highest BCUT2D eigenvalue weighted by atomic mass is 35.5. The molecular formula is C22H23ClN2O3S. The maximum absolute atomic E-state index is 13.4. The molecule has 5 nitrogen and oxygen atoms in total. The number of hydrogen-bond donors (Lipinski definition) is 1. The van der Waals surface area contributed by atoms with Gasteiger partial charge in [-0.1, -0.05) is 41.9 Å². The van der Waals surface area contributed by atoms with E-state index in [-0.39, 0.29) is 5.78 Å². The molecule has 1 heterocycles. The Hall–Kier alpha value is -2.57. The fraction of sp³-hybridized carbons (Fsp3) is 0.273. The summed E-state index contributed by atoms with van der Waals surface area (Å²) >= 11 is 12.0. The van der Waals surface area contributed by atoms with E-state index in [9.17, 15) is 4.79 Å². The second-order valence-corrected chi connectivity index (χ2v) is 7.40. The van der Waals surface area contributed by atoms with Crippen LogP contribution in [0.1, 0.15) is 35.8 Å². The highest BCUT2D eigenvalue weighted by Gasteiger charge is 2.33. The number of carbonyl (C=O) groups excluding carboxylic acids is 1. The zero-order chi connectivity index (χ0) is 21.1. The molecule has 0 radical (unpaired) electrons. The topological polar surface area (TPSA) is 50.8 Å². The molecule has 1 unspecified atom stereocenters. The fourth-order valence-corrected chi connectivity index (χ4v) is 3.84. The molecule has 2 aromatic rings. The number of hydrogen-bond acceptors (Lipinski definition) is 4. The number of thiocarbonyl (C=S) groups is 1. The Balaban J connectivity index is 2.15. The van der Waals surface area contributed by atoms with E-state index in [0.717, 1.165) is 11.3 Å². The van der Waals surface area contributed by atoms with Gasteiger partial charge in [0, 0.05) is 23.9 Å². The smallest absolute Gasteiger partial charge is 0.193 e. The monoisotopic (exact) mass is 430 g/mol. The van der Waals surface area contributed by atoms with Crippen molar-refractivity contribution >= 4 is 34.7 Å². The zero-order valence-electron chi connectivity index (χ0n) is 16.8. The van der Waals surface area contributed by atoms with E-state index in [1.165, 1.54) is 0 Å². The number of halogens is 1. The van der Waals surface area contributed by atoms with Gasteiger partial charge in [-0.3, -0.25) is 4.79 Å². The van der Waals surface area contributed by atoms with Crippen molar-refractivity contribution in [1.29, 1.82) is 0 Å². The van der Waals surface area contributed by atoms with Gasteiger partial charge in [-0.15, -0.1) is 0 Å². The standard InChI is InChI=1S/C22H23ClN2O3S/c1-5-28-21-16(23)11-15(12-17(21)27-4)19-18(13(2)25(3)22(29)24-19)20(26)14-9-7-6-8-10-14/h6-12,19H,5H2,1-4H3,(H,24,29). The normalized spacial score (nSPS) is 16.5. The number of ketones is 1. The summed E-state index contributed by atoms with van der Waals surface area (Å²) in [5, 5.41) is 4.21. The lowest BCUT2D eigenvalue weighted by Crippen LogP contribution is -2.45. The highest BCUT2D eigenvalue weighted by Crippen LogP contribution is 2.41. The molecule has 0 bridgehead atoms. The first-order chi connectivity index (χ1) is 13.9. The predicted octanol–water partition coefficient (Wildman–Crippen LogP) is 4.77. The van der Waals surface area contributed by atoms with Crippen LogP contribution in [0.3, 0.4) is 0 Å². The molecule has 1 aliphatic rings.